The van der Waals surface area contributed by atoms with Crippen LogP contribution in [0.4, 0.5) is 0 Å². The van der Waals surface area contributed by atoms with Crippen LogP contribution in [0, 0.1) is 0 Å². The number of fused-ring (bicyclic) bond motifs is 2. The van der Waals surface area contributed by atoms with Gasteiger partial charge in [-0.2, -0.15) is 0 Å². The highest BCUT2D eigenvalue weighted by atomic mass is 35.5. The maximum absolute atomic E-state index is 12.9. The normalized spacial score (nSPS) is 11.2. The number of halogens is 2. The SMILES string of the molecule is CCOc1cccc2cc(-c3cc(=O)oc4cc(OCc5ccc(Cl)cc5Cl)ccc34)c(=O)oc12. The zero-order valence-electron chi connectivity index (χ0n) is 18.5. The summed E-state index contributed by atoms with van der Waals surface area (Å²) in [6.07, 6.45) is 0. The molecule has 3 aromatic carbocycles. The molecule has 2 heterocycles. The lowest BCUT2D eigenvalue weighted by Gasteiger charge is -2.11. The van der Waals surface area contributed by atoms with E-state index in [-0.39, 0.29) is 17.8 Å². The van der Waals surface area contributed by atoms with E-state index in [1.165, 1.54) is 6.07 Å². The second-order valence-electron chi connectivity index (χ2n) is 7.72. The topological polar surface area (TPSA) is 78.9 Å². The molecule has 35 heavy (non-hydrogen) atoms. The first-order valence-corrected chi connectivity index (χ1v) is 11.5. The van der Waals surface area contributed by atoms with E-state index in [0.29, 0.717) is 50.1 Å². The first-order valence-electron chi connectivity index (χ1n) is 10.8. The molecule has 0 radical (unpaired) electrons. The first-order chi connectivity index (χ1) is 16.9. The quantitative estimate of drug-likeness (QED) is 0.233. The minimum Gasteiger partial charge on any atom is -0.490 e. The van der Waals surface area contributed by atoms with Gasteiger partial charge in [-0.1, -0.05) is 41.4 Å². The zero-order valence-corrected chi connectivity index (χ0v) is 20.0. The molecule has 0 atom stereocenters. The second kappa shape index (κ2) is 9.49. The molecule has 0 aliphatic rings. The molecule has 0 unspecified atom stereocenters. The maximum Gasteiger partial charge on any atom is 0.344 e. The molecule has 0 N–H and O–H groups in total. The fourth-order valence-corrected chi connectivity index (χ4v) is 4.29. The molecule has 176 valence electrons. The molecule has 8 heteroatoms. The van der Waals surface area contributed by atoms with Gasteiger partial charge in [0.25, 0.3) is 0 Å². The predicted octanol–water partition coefficient (Wildman–Crippen LogP) is 6.85. The van der Waals surface area contributed by atoms with Gasteiger partial charge in [-0.3, -0.25) is 0 Å². The number of ether oxygens (including phenoxy) is 2. The van der Waals surface area contributed by atoms with Gasteiger partial charge in [0.05, 0.1) is 12.2 Å². The van der Waals surface area contributed by atoms with Crippen LogP contribution < -0.4 is 20.7 Å². The Bertz CT molecular complexity index is 1690. The van der Waals surface area contributed by atoms with Gasteiger partial charge in [-0.25, -0.2) is 9.59 Å². The lowest BCUT2D eigenvalue weighted by Crippen LogP contribution is -2.07. The van der Waals surface area contributed by atoms with Gasteiger partial charge < -0.3 is 18.3 Å². The van der Waals surface area contributed by atoms with Crippen molar-refractivity contribution in [3.05, 3.63) is 103 Å². The summed E-state index contributed by atoms with van der Waals surface area (Å²) in [5.41, 5.74) is 0.835. The van der Waals surface area contributed by atoms with Crippen molar-refractivity contribution in [1.29, 1.82) is 0 Å². The van der Waals surface area contributed by atoms with E-state index >= 15 is 0 Å². The Morgan fingerprint density at radius 3 is 2.51 bits per heavy atom. The van der Waals surface area contributed by atoms with Crippen molar-refractivity contribution in [2.45, 2.75) is 13.5 Å². The van der Waals surface area contributed by atoms with Crippen molar-refractivity contribution in [1.82, 2.24) is 0 Å². The summed E-state index contributed by atoms with van der Waals surface area (Å²) in [6, 6.07) is 18.5. The van der Waals surface area contributed by atoms with Crippen LogP contribution in [0.15, 0.2) is 85.2 Å². The smallest absolute Gasteiger partial charge is 0.344 e. The fourth-order valence-electron chi connectivity index (χ4n) is 3.83. The van der Waals surface area contributed by atoms with E-state index in [1.54, 1.807) is 48.5 Å². The van der Waals surface area contributed by atoms with Crippen molar-refractivity contribution < 1.29 is 18.3 Å². The highest BCUT2D eigenvalue weighted by Crippen LogP contribution is 2.32. The van der Waals surface area contributed by atoms with Gasteiger partial charge in [0, 0.05) is 44.1 Å². The van der Waals surface area contributed by atoms with Crippen LogP contribution in [-0.4, -0.2) is 6.61 Å². The third-order valence-electron chi connectivity index (χ3n) is 5.44. The van der Waals surface area contributed by atoms with Crippen LogP contribution in [0.5, 0.6) is 11.5 Å². The molecule has 0 amide bonds. The molecule has 6 nitrogen and oxygen atoms in total. The third kappa shape index (κ3) is 4.63. The minimum absolute atomic E-state index is 0.196. The maximum atomic E-state index is 12.9. The molecule has 0 aliphatic carbocycles. The number of benzene rings is 3. The minimum atomic E-state index is -0.604. The van der Waals surface area contributed by atoms with Crippen LogP contribution in [0.3, 0.4) is 0 Å². The van der Waals surface area contributed by atoms with Crippen molar-refractivity contribution in [3.8, 4) is 22.6 Å². The van der Waals surface area contributed by atoms with Crippen molar-refractivity contribution in [2.75, 3.05) is 6.61 Å². The lowest BCUT2D eigenvalue weighted by atomic mass is 10.0. The van der Waals surface area contributed by atoms with E-state index < -0.39 is 11.3 Å². The summed E-state index contributed by atoms with van der Waals surface area (Å²) in [5, 5.41) is 2.26. The molecule has 0 bridgehead atoms. The van der Waals surface area contributed by atoms with Gasteiger partial charge in [-0.15, -0.1) is 0 Å². The number of hydrogen-bond donors (Lipinski definition) is 0. The van der Waals surface area contributed by atoms with E-state index in [9.17, 15) is 9.59 Å². The fraction of sp³-hybridized carbons (Fsp3) is 0.111. The zero-order chi connectivity index (χ0) is 24.5. The van der Waals surface area contributed by atoms with Crippen molar-refractivity contribution >= 4 is 45.1 Å². The highest BCUT2D eigenvalue weighted by molar-refractivity contribution is 6.35. The van der Waals surface area contributed by atoms with E-state index in [0.717, 1.165) is 5.56 Å². The molecule has 2 aromatic heterocycles. The van der Waals surface area contributed by atoms with E-state index in [1.807, 2.05) is 19.1 Å². The molecule has 0 aliphatic heterocycles. The van der Waals surface area contributed by atoms with Crippen LogP contribution in [0.25, 0.3) is 33.1 Å². The van der Waals surface area contributed by atoms with Crippen LogP contribution >= 0.6 is 23.2 Å². The molecule has 5 rings (SSSR count). The van der Waals surface area contributed by atoms with Gasteiger partial charge in [0.2, 0.25) is 0 Å². The first kappa shape index (κ1) is 23.0. The lowest BCUT2D eigenvalue weighted by molar-refractivity contribution is 0.306. The van der Waals surface area contributed by atoms with Crippen LogP contribution in [0.2, 0.25) is 10.0 Å². The van der Waals surface area contributed by atoms with E-state index in [2.05, 4.69) is 0 Å². The summed E-state index contributed by atoms with van der Waals surface area (Å²) in [6.45, 7) is 2.48. The summed E-state index contributed by atoms with van der Waals surface area (Å²) in [7, 11) is 0. The molecule has 0 spiro atoms. The van der Waals surface area contributed by atoms with Crippen LogP contribution in [0.1, 0.15) is 12.5 Å². The van der Waals surface area contributed by atoms with Crippen molar-refractivity contribution in [2.24, 2.45) is 0 Å². The summed E-state index contributed by atoms with van der Waals surface area (Å²) in [4.78, 5) is 25.3. The Morgan fingerprint density at radius 1 is 0.857 bits per heavy atom. The van der Waals surface area contributed by atoms with Crippen LogP contribution in [-0.2, 0) is 6.61 Å². The average molecular weight is 509 g/mol. The molecular formula is C27H18Cl2O6. The summed E-state index contributed by atoms with van der Waals surface area (Å²) < 4.78 is 22.4. The Hall–Kier alpha value is -3.74. The Labute approximate surface area is 209 Å². The third-order valence-corrected chi connectivity index (χ3v) is 6.03. The Morgan fingerprint density at radius 2 is 1.71 bits per heavy atom. The average Bonchev–Trinajstić information content (AvgIpc) is 2.83. The van der Waals surface area contributed by atoms with Crippen molar-refractivity contribution in [3.63, 3.8) is 0 Å². The monoisotopic (exact) mass is 508 g/mol. The highest BCUT2D eigenvalue weighted by Gasteiger charge is 2.16. The predicted molar refractivity (Wildman–Crippen MR) is 136 cm³/mol. The summed E-state index contributed by atoms with van der Waals surface area (Å²) in [5.74, 6) is 0.949. The standard InChI is InChI=1S/C27H18Cl2O6/c1-2-32-23-5-3-4-15-10-21(27(31)35-26(15)23)20-13-25(30)34-24-12-18(8-9-19(20)24)33-14-16-6-7-17(28)11-22(16)29/h3-13H,2,14H2,1H3. The molecule has 0 saturated heterocycles. The Balaban J connectivity index is 1.55. The number of rotatable bonds is 6. The molecule has 5 aromatic rings. The largest absolute Gasteiger partial charge is 0.490 e. The van der Waals surface area contributed by atoms with Gasteiger partial charge >= 0.3 is 11.3 Å². The number of para-hydroxylation sites is 1. The summed E-state index contributed by atoms with van der Waals surface area (Å²) >= 11 is 12.2. The molecule has 0 saturated carbocycles. The Kier molecular flexibility index (Phi) is 6.24. The van der Waals surface area contributed by atoms with Gasteiger partial charge in [0.1, 0.15) is 17.9 Å². The van der Waals surface area contributed by atoms with E-state index in [4.69, 9.17) is 41.5 Å². The molecule has 0 fully saturated rings. The molecular weight excluding hydrogens is 491 g/mol. The van der Waals surface area contributed by atoms with Gasteiger partial charge in [-0.05, 0) is 43.3 Å². The second-order valence-corrected chi connectivity index (χ2v) is 8.56. The van der Waals surface area contributed by atoms with Gasteiger partial charge in [0.15, 0.2) is 11.3 Å². The number of hydrogen-bond acceptors (Lipinski definition) is 6.